The second-order valence-electron chi connectivity index (χ2n) is 6.02. The Morgan fingerprint density at radius 3 is 2.19 bits per heavy atom. The molecule has 0 radical (unpaired) electrons. The van der Waals surface area contributed by atoms with Gasteiger partial charge in [0.25, 0.3) is 0 Å². The molecule has 0 heterocycles. The van der Waals surface area contributed by atoms with Crippen LogP contribution in [0.15, 0.2) is 0 Å². The van der Waals surface area contributed by atoms with Gasteiger partial charge in [-0.3, -0.25) is 4.79 Å². The van der Waals surface area contributed by atoms with Crippen molar-refractivity contribution in [3.63, 3.8) is 0 Å². The van der Waals surface area contributed by atoms with E-state index in [4.69, 9.17) is 0 Å². The quantitative estimate of drug-likeness (QED) is 0.734. The van der Waals surface area contributed by atoms with E-state index in [0.717, 1.165) is 6.42 Å². The number of carbonyl (C=O) groups is 1. The van der Waals surface area contributed by atoms with Crippen LogP contribution < -0.4 is 5.32 Å². The predicted octanol–water partition coefficient (Wildman–Crippen LogP) is 2.34. The molecule has 0 rings (SSSR count). The van der Waals surface area contributed by atoms with Crippen LogP contribution in [0.5, 0.6) is 0 Å². The van der Waals surface area contributed by atoms with Crippen LogP contribution in [0.4, 0.5) is 0 Å². The van der Waals surface area contributed by atoms with Crippen LogP contribution in [-0.2, 0) is 4.79 Å². The summed E-state index contributed by atoms with van der Waals surface area (Å²) in [6.07, 6.45) is 1.49. The highest BCUT2D eigenvalue weighted by Crippen LogP contribution is 2.20. The van der Waals surface area contributed by atoms with Crippen LogP contribution in [0.1, 0.15) is 54.4 Å². The summed E-state index contributed by atoms with van der Waals surface area (Å²) < 4.78 is 0. The van der Waals surface area contributed by atoms with E-state index in [1.54, 1.807) is 6.92 Å². The molecule has 1 unspecified atom stereocenters. The van der Waals surface area contributed by atoms with Gasteiger partial charge in [-0.05, 0) is 25.7 Å². The van der Waals surface area contributed by atoms with Gasteiger partial charge in [0.05, 0.1) is 5.60 Å². The Kier molecular flexibility index (Phi) is 5.47. The van der Waals surface area contributed by atoms with Crippen molar-refractivity contribution in [2.75, 3.05) is 6.54 Å². The summed E-state index contributed by atoms with van der Waals surface area (Å²) in [5, 5.41) is 12.9. The highest BCUT2D eigenvalue weighted by molar-refractivity contribution is 5.81. The van der Waals surface area contributed by atoms with E-state index in [0.29, 0.717) is 18.9 Å². The number of hydrogen-bond acceptors (Lipinski definition) is 2. The molecule has 96 valence electrons. The monoisotopic (exact) mass is 229 g/mol. The fraction of sp³-hybridized carbons (Fsp3) is 0.923. The molecule has 0 aliphatic rings. The molecule has 1 amide bonds. The third kappa shape index (κ3) is 5.50. The first kappa shape index (κ1) is 15.4. The maximum absolute atomic E-state index is 11.8. The van der Waals surface area contributed by atoms with Gasteiger partial charge in [0, 0.05) is 12.0 Å². The van der Waals surface area contributed by atoms with E-state index in [9.17, 15) is 9.90 Å². The third-order valence-electron chi connectivity index (χ3n) is 2.98. The van der Waals surface area contributed by atoms with Crippen LogP contribution in [0.2, 0.25) is 0 Å². The van der Waals surface area contributed by atoms with Crippen molar-refractivity contribution < 1.29 is 9.90 Å². The molecule has 0 aromatic carbocycles. The second kappa shape index (κ2) is 5.67. The fourth-order valence-corrected chi connectivity index (χ4v) is 1.62. The molecule has 16 heavy (non-hydrogen) atoms. The smallest absolute Gasteiger partial charge is 0.225 e. The lowest BCUT2D eigenvalue weighted by atomic mass is 9.88. The summed E-state index contributed by atoms with van der Waals surface area (Å²) in [5.41, 5.74) is -1.17. The standard InChI is InChI=1S/C13H27NO2/c1-7-12(4,5)11(15)14-9-13(6,16)8-10(2)3/h10,16H,7-9H2,1-6H3,(H,14,15). The van der Waals surface area contributed by atoms with E-state index in [1.807, 2.05) is 20.8 Å². The molecule has 2 N–H and O–H groups in total. The molecular formula is C13H27NO2. The summed E-state index contributed by atoms with van der Waals surface area (Å²) >= 11 is 0. The Balaban J connectivity index is 4.19. The Hall–Kier alpha value is -0.570. The number of nitrogens with one attached hydrogen (secondary N) is 1. The van der Waals surface area contributed by atoms with Gasteiger partial charge in [0.2, 0.25) is 5.91 Å². The van der Waals surface area contributed by atoms with Crippen LogP contribution in [0, 0.1) is 11.3 Å². The molecular weight excluding hydrogens is 202 g/mol. The Morgan fingerprint density at radius 1 is 1.31 bits per heavy atom. The second-order valence-corrected chi connectivity index (χ2v) is 6.02. The Labute approximate surface area is 99.6 Å². The summed E-state index contributed by atoms with van der Waals surface area (Å²) in [7, 11) is 0. The molecule has 0 bridgehead atoms. The molecule has 0 aliphatic heterocycles. The average Bonchev–Trinajstić information content (AvgIpc) is 2.12. The van der Waals surface area contributed by atoms with E-state index in [-0.39, 0.29) is 11.3 Å². The summed E-state index contributed by atoms with van der Waals surface area (Å²) in [6, 6.07) is 0. The molecule has 0 saturated heterocycles. The molecule has 0 saturated carbocycles. The van der Waals surface area contributed by atoms with Crippen molar-refractivity contribution in [3.05, 3.63) is 0 Å². The number of amides is 1. The van der Waals surface area contributed by atoms with Gasteiger partial charge in [-0.1, -0.05) is 34.6 Å². The van der Waals surface area contributed by atoms with Gasteiger partial charge in [0.1, 0.15) is 0 Å². The molecule has 0 aromatic heterocycles. The summed E-state index contributed by atoms with van der Waals surface area (Å²) in [5.74, 6) is 0.435. The zero-order valence-electron chi connectivity index (χ0n) is 11.6. The van der Waals surface area contributed by atoms with Crippen molar-refractivity contribution in [1.82, 2.24) is 5.32 Å². The number of rotatable bonds is 6. The zero-order valence-corrected chi connectivity index (χ0v) is 11.6. The molecule has 0 spiro atoms. The third-order valence-corrected chi connectivity index (χ3v) is 2.98. The first-order chi connectivity index (χ1) is 7.10. The highest BCUT2D eigenvalue weighted by atomic mass is 16.3. The highest BCUT2D eigenvalue weighted by Gasteiger charge is 2.28. The largest absolute Gasteiger partial charge is 0.388 e. The summed E-state index contributed by atoms with van der Waals surface area (Å²) in [6.45, 7) is 12.0. The van der Waals surface area contributed by atoms with Gasteiger partial charge in [0.15, 0.2) is 0 Å². The van der Waals surface area contributed by atoms with Crippen molar-refractivity contribution >= 4 is 5.91 Å². The van der Waals surface area contributed by atoms with Crippen molar-refractivity contribution in [2.45, 2.75) is 60.0 Å². The molecule has 1 atom stereocenters. The lowest BCUT2D eigenvalue weighted by Crippen LogP contribution is -2.45. The van der Waals surface area contributed by atoms with Crippen LogP contribution in [-0.4, -0.2) is 23.2 Å². The van der Waals surface area contributed by atoms with Crippen molar-refractivity contribution in [3.8, 4) is 0 Å². The first-order valence-corrected chi connectivity index (χ1v) is 6.11. The van der Waals surface area contributed by atoms with Crippen molar-refractivity contribution in [1.29, 1.82) is 0 Å². The van der Waals surface area contributed by atoms with Gasteiger partial charge in [-0.15, -0.1) is 0 Å². The van der Waals surface area contributed by atoms with Gasteiger partial charge in [-0.25, -0.2) is 0 Å². The van der Waals surface area contributed by atoms with Crippen molar-refractivity contribution in [2.24, 2.45) is 11.3 Å². The lowest BCUT2D eigenvalue weighted by molar-refractivity contribution is -0.130. The number of aliphatic hydroxyl groups is 1. The van der Waals surface area contributed by atoms with E-state index >= 15 is 0 Å². The average molecular weight is 229 g/mol. The number of hydrogen-bond donors (Lipinski definition) is 2. The first-order valence-electron chi connectivity index (χ1n) is 6.11. The minimum Gasteiger partial charge on any atom is -0.388 e. The van der Waals surface area contributed by atoms with Crippen LogP contribution >= 0.6 is 0 Å². The molecule has 0 aromatic rings. The molecule has 0 fully saturated rings. The maximum atomic E-state index is 11.8. The van der Waals surface area contributed by atoms with Gasteiger partial charge < -0.3 is 10.4 Å². The lowest BCUT2D eigenvalue weighted by Gasteiger charge is -2.28. The molecule has 3 heteroatoms. The molecule has 3 nitrogen and oxygen atoms in total. The van der Waals surface area contributed by atoms with E-state index < -0.39 is 5.60 Å². The zero-order chi connectivity index (χ0) is 13.0. The van der Waals surface area contributed by atoms with Crippen LogP contribution in [0.25, 0.3) is 0 Å². The molecule has 0 aliphatic carbocycles. The summed E-state index contributed by atoms with van der Waals surface area (Å²) in [4.78, 5) is 11.8. The Bertz CT molecular complexity index is 232. The number of carbonyl (C=O) groups excluding carboxylic acids is 1. The van der Waals surface area contributed by atoms with Gasteiger partial charge in [-0.2, -0.15) is 0 Å². The van der Waals surface area contributed by atoms with Crippen LogP contribution in [0.3, 0.4) is 0 Å². The predicted molar refractivity (Wildman–Crippen MR) is 67.2 cm³/mol. The minimum atomic E-state index is -0.812. The normalized spacial score (nSPS) is 16.0. The SMILES string of the molecule is CCC(C)(C)C(=O)NCC(C)(O)CC(C)C. The topological polar surface area (TPSA) is 49.3 Å². The minimum absolute atomic E-state index is 0.0130. The Morgan fingerprint density at radius 2 is 1.81 bits per heavy atom. The maximum Gasteiger partial charge on any atom is 0.225 e. The fourth-order valence-electron chi connectivity index (χ4n) is 1.62. The van der Waals surface area contributed by atoms with E-state index in [2.05, 4.69) is 19.2 Å². The van der Waals surface area contributed by atoms with E-state index in [1.165, 1.54) is 0 Å². The van der Waals surface area contributed by atoms with Gasteiger partial charge >= 0.3 is 0 Å².